The van der Waals surface area contributed by atoms with Crippen molar-refractivity contribution in [2.45, 2.75) is 78.6 Å². The third-order valence-corrected chi connectivity index (χ3v) is 12.8. The number of fused-ring (bicyclic) bond motifs is 12. The van der Waals surface area contributed by atoms with Crippen LogP contribution in [-0.2, 0) is 16.2 Å². The van der Waals surface area contributed by atoms with Gasteiger partial charge in [-0.15, -0.1) is 0 Å². The van der Waals surface area contributed by atoms with Gasteiger partial charge >= 0.3 is 0 Å². The molecule has 3 nitrogen and oxygen atoms in total. The lowest BCUT2D eigenvalue weighted by Gasteiger charge is -2.25. The van der Waals surface area contributed by atoms with E-state index in [0.717, 1.165) is 17.1 Å². The third kappa shape index (κ3) is 4.84. The summed E-state index contributed by atoms with van der Waals surface area (Å²) in [5.74, 6) is 0. The topological polar surface area (TPSA) is 12.1 Å². The van der Waals surface area contributed by atoms with E-state index in [-0.39, 0.29) is 16.2 Å². The van der Waals surface area contributed by atoms with Crippen LogP contribution < -0.4 is 4.90 Å². The van der Waals surface area contributed by atoms with Gasteiger partial charge in [0.1, 0.15) is 0 Å². The van der Waals surface area contributed by atoms with Crippen molar-refractivity contribution in [3.8, 4) is 0 Å². The maximum absolute atomic E-state index is 2.58. The summed E-state index contributed by atoms with van der Waals surface area (Å²) in [6.45, 7) is 21.0. The van der Waals surface area contributed by atoms with Crippen LogP contribution in [0, 0.1) is 0 Å². The van der Waals surface area contributed by atoms with Crippen LogP contribution in [0.4, 0.5) is 17.1 Å². The molecule has 0 spiro atoms. The standard InChI is InChI=1S/C54H49N3/c1-52(2,3)32-20-23-46-39(24-32)43-26-34(54(7,8)9)28-45-40-31-49-41(30-48(40)56(46)51(43)45)44-27-33(53(4,5)6)25-42-38-22-21-37(29-47(38)57(49)50(42)44)55(35-16-12-10-13-17-35)36-18-14-11-15-19-36/h10-31H,1-9H3. The molecule has 4 aromatic heterocycles. The average molecular weight is 740 g/mol. The molecule has 0 atom stereocenters. The van der Waals surface area contributed by atoms with Gasteiger partial charge in [-0.1, -0.05) is 111 Å². The minimum absolute atomic E-state index is 0.00238. The van der Waals surface area contributed by atoms with Crippen LogP contribution in [0.1, 0.15) is 79.0 Å². The Morgan fingerprint density at radius 2 is 0.719 bits per heavy atom. The first kappa shape index (κ1) is 34.2. The van der Waals surface area contributed by atoms with Crippen LogP contribution in [-0.4, -0.2) is 8.80 Å². The molecule has 0 bridgehead atoms. The summed E-state index contributed by atoms with van der Waals surface area (Å²) in [6, 6.07) is 50.7. The summed E-state index contributed by atoms with van der Waals surface area (Å²) in [6.07, 6.45) is 0. The number of benzene rings is 7. The van der Waals surface area contributed by atoms with Crippen LogP contribution in [0.2, 0.25) is 0 Å². The molecule has 4 heterocycles. The number of rotatable bonds is 3. The Labute approximate surface area is 334 Å². The highest BCUT2D eigenvalue weighted by atomic mass is 15.1. The summed E-state index contributed by atoms with van der Waals surface area (Å²) >= 11 is 0. The zero-order valence-corrected chi connectivity index (χ0v) is 34.5. The Kier molecular flexibility index (Phi) is 6.77. The molecule has 0 aliphatic carbocycles. The van der Waals surface area contributed by atoms with E-state index in [0.29, 0.717) is 0 Å². The molecular formula is C54H49N3. The molecule has 0 fully saturated rings. The third-order valence-electron chi connectivity index (χ3n) is 12.8. The van der Waals surface area contributed by atoms with Gasteiger partial charge < -0.3 is 13.7 Å². The first-order chi connectivity index (χ1) is 27.2. The Morgan fingerprint density at radius 1 is 0.316 bits per heavy atom. The number of para-hydroxylation sites is 2. The van der Waals surface area contributed by atoms with E-state index < -0.39 is 0 Å². The summed E-state index contributed by atoms with van der Waals surface area (Å²) in [4.78, 5) is 2.38. The van der Waals surface area contributed by atoms with Crippen molar-refractivity contribution in [2.24, 2.45) is 0 Å². The predicted molar refractivity (Wildman–Crippen MR) is 247 cm³/mol. The molecule has 0 unspecified atom stereocenters. The van der Waals surface area contributed by atoms with Gasteiger partial charge in [0, 0.05) is 60.2 Å². The van der Waals surface area contributed by atoms with Gasteiger partial charge in [0.15, 0.2) is 0 Å². The summed E-state index contributed by atoms with van der Waals surface area (Å²) in [7, 11) is 0. The van der Waals surface area contributed by atoms with Crippen molar-refractivity contribution in [2.75, 3.05) is 4.90 Å². The second-order valence-electron chi connectivity index (χ2n) is 19.6. The molecule has 11 aromatic rings. The molecule has 7 aromatic carbocycles. The van der Waals surface area contributed by atoms with Crippen LogP contribution in [0.15, 0.2) is 133 Å². The number of hydrogen-bond acceptors (Lipinski definition) is 1. The fourth-order valence-electron chi connectivity index (χ4n) is 9.64. The zero-order valence-electron chi connectivity index (χ0n) is 34.5. The molecule has 0 saturated carbocycles. The van der Waals surface area contributed by atoms with Gasteiger partial charge in [-0.05, 0) is 118 Å². The van der Waals surface area contributed by atoms with E-state index in [2.05, 4.69) is 209 Å². The molecule has 0 N–H and O–H groups in total. The number of anilines is 3. The largest absolute Gasteiger partial charge is 0.310 e. The lowest BCUT2D eigenvalue weighted by atomic mass is 9.84. The Morgan fingerprint density at radius 3 is 1.19 bits per heavy atom. The Hall–Kier alpha value is -6.06. The highest BCUT2D eigenvalue weighted by Gasteiger charge is 2.28. The summed E-state index contributed by atoms with van der Waals surface area (Å²) in [5, 5.41) is 10.6. The maximum Gasteiger partial charge on any atom is 0.0620 e. The summed E-state index contributed by atoms with van der Waals surface area (Å²) < 4.78 is 5.15. The molecule has 0 radical (unpaired) electrons. The van der Waals surface area contributed by atoms with E-state index in [9.17, 15) is 0 Å². The predicted octanol–water partition coefficient (Wildman–Crippen LogP) is 15.3. The normalized spacial score (nSPS) is 13.4. The van der Waals surface area contributed by atoms with Crippen molar-refractivity contribution in [1.29, 1.82) is 0 Å². The number of nitrogens with zero attached hydrogens (tertiary/aromatic N) is 3. The van der Waals surface area contributed by atoms with Crippen molar-refractivity contribution >= 4 is 93.3 Å². The zero-order chi connectivity index (χ0) is 39.3. The van der Waals surface area contributed by atoms with E-state index in [1.54, 1.807) is 0 Å². The van der Waals surface area contributed by atoms with Crippen molar-refractivity contribution < 1.29 is 0 Å². The highest BCUT2D eigenvalue weighted by molar-refractivity contribution is 6.29. The van der Waals surface area contributed by atoms with Crippen LogP contribution in [0.25, 0.3) is 76.2 Å². The average Bonchev–Trinajstić information content (AvgIpc) is 3.89. The minimum atomic E-state index is -0.0108. The molecule has 11 rings (SSSR count). The second-order valence-corrected chi connectivity index (χ2v) is 19.6. The molecule has 280 valence electrons. The minimum Gasteiger partial charge on any atom is -0.310 e. The Balaban J connectivity index is 1.29. The first-order valence-corrected chi connectivity index (χ1v) is 20.5. The molecule has 0 saturated heterocycles. The van der Waals surface area contributed by atoms with Crippen LogP contribution in [0.5, 0.6) is 0 Å². The van der Waals surface area contributed by atoms with E-state index in [1.807, 2.05) is 0 Å². The van der Waals surface area contributed by atoms with Gasteiger partial charge in [-0.2, -0.15) is 0 Å². The van der Waals surface area contributed by atoms with Crippen molar-refractivity contribution in [3.05, 3.63) is 150 Å². The fraction of sp³-hybridized carbons (Fsp3) is 0.222. The quantitative estimate of drug-likeness (QED) is 0.176. The van der Waals surface area contributed by atoms with Crippen molar-refractivity contribution in [1.82, 2.24) is 8.80 Å². The SMILES string of the molecule is CC(C)(C)c1ccc2c(c1)c1cc(C(C)(C)C)cc3c4cc5c(cc4n2c13)c1cc(C(C)(C)C)cc2c3ccc(N(c4ccccc4)c4ccccc4)cc3n5c21. The first-order valence-electron chi connectivity index (χ1n) is 20.5. The maximum atomic E-state index is 2.58. The van der Waals surface area contributed by atoms with E-state index in [4.69, 9.17) is 0 Å². The molecule has 0 aliphatic rings. The second kappa shape index (κ2) is 11.3. The van der Waals surface area contributed by atoms with Gasteiger partial charge in [-0.25, -0.2) is 0 Å². The van der Waals surface area contributed by atoms with Gasteiger partial charge in [0.05, 0.1) is 33.1 Å². The van der Waals surface area contributed by atoms with Crippen molar-refractivity contribution in [3.63, 3.8) is 0 Å². The molecule has 0 amide bonds. The van der Waals surface area contributed by atoms with Crippen LogP contribution >= 0.6 is 0 Å². The summed E-state index contributed by atoms with van der Waals surface area (Å²) in [5.41, 5.74) is 15.3. The monoisotopic (exact) mass is 739 g/mol. The number of hydrogen-bond donors (Lipinski definition) is 0. The van der Waals surface area contributed by atoms with E-state index >= 15 is 0 Å². The van der Waals surface area contributed by atoms with Gasteiger partial charge in [-0.3, -0.25) is 0 Å². The highest BCUT2D eigenvalue weighted by Crippen LogP contribution is 2.48. The van der Waals surface area contributed by atoms with Crippen LogP contribution in [0.3, 0.4) is 0 Å². The molecule has 0 aliphatic heterocycles. The van der Waals surface area contributed by atoms with Gasteiger partial charge in [0.2, 0.25) is 0 Å². The molecule has 3 heteroatoms. The Bertz CT molecular complexity index is 3340. The lowest BCUT2D eigenvalue weighted by molar-refractivity contribution is 0.590. The van der Waals surface area contributed by atoms with Gasteiger partial charge in [0.25, 0.3) is 0 Å². The smallest absolute Gasteiger partial charge is 0.0620 e. The molecule has 57 heavy (non-hydrogen) atoms. The number of aromatic nitrogens is 2. The molecular weight excluding hydrogens is 691 g/mol. The lowest BCUT2D eigenvalue weighted by Crippen LogP contribution is -2.11. The van der Waals surface area contributed by atoms with E-state index in [1.165, 1.54) is 92.9 Å². The fourth-order valence-corrected chi connectivity index (χ4v) is 9.64.